The van der Waals surface area contributed by atoms with Crippen LogP contribution < -0.4 is 11.1 Å². The number of ether oxygens (including phenoxy) is 1. The van der Waals surface area contributed by atoms with Gasteiger partial charge in [-0.2, -0.15) is 10.1 Å². The van der Waals surface area contributed by atoms with Crippen LogP contribution in [0.2, 0.25) is 0 Å². The Morgan fingerprint density at radius 3 is 3.00 bits per heavy atom. The lowest BCUT2D eigenvalue weighted by atomic mass is 9.46. The first-order chi connectivity index (χ1) is 9.39. The summed E-state index contributed by atoms with van der Waals surface area (Å²) in [4.78, 5) is 16.7. The minimum atomic E-state index is -0.927. The maximum atomic E-state index is 12.7. The third-order valence-corrected chi connectivity index (χ3v) is 5.00. The Bertz CT molecular complexity index is 541. The van der Waals surface area contributed by atoms with Gasteiger partial charge in [0.1, 0.15) is 11.9 Å². The Morgan fingerprint density at radius 2 is 2.35 bits per heavy atom. The summed E-state index contributed by atoms with van der Waals surface area (Å²) in [7, 11) is 1.73. The monoisotopic (exact) mass is 279 g/mol. The topological polar surface area (TPSA) is 95.1 Å². The number of nitrogens with two attached hydrogens (primary N) is 1. The number of nitrogens with one attached hydrogen (secondary N) is 1. The highest BCUT2D eigenvalue weighted by molar-refractivity contribution is 5.99. The third-order valence-electron chi connectivity index (χ3n) is 5.00. The molecule has 1 aliphatic heterocycles. The molecule has 3 atom stereocenters. The van der Waals surface area contributed by atoms with Crippen molar-refractivity contribution in [2.24, 2.45) is 24.1 Å². The average molecular weight is 279 g/mol. The largest absolute Gasteiger partial charge is 0.377 e. The van der Waals surface area contributed by atoms with E-state index in [0.29, 0.717) is 5.95 Å². The van der Waals surface area contributed by atoms with Crippen molar-refractivity contribution >= 4 is 11.9 Å². The lowest BCUT2D eigenvalue weighted by Crippen LogP contribution is -2.81. The number of hydrogen-bond acceptors (Lipinski definition) is 5. The summed E-state index contributed by atoms with van der Waals surface area (Å²) in [5.41, 5.74) is 5.18. The second kappa shape index (κ2) is 4.26. The number of carbonyl (C=O) groups excluding carboxylic acids is 1. The normalized spacial score (nSPS) is 35.0. The zero-order chi connectivity index (χ0) is 14.5. The van der Waals surface area contributed by atoms with Crippen molar-refractivity contribution in [2.45, 2.75) is 38.3 Å². The molecule has 2 heterocycles. The number of amides is 1. The molecule has 1 amide bonds. The van der Waals surface area contributed by atoms with Crippen molar-refractivity contribution < 1.29 is 9.53 Å². The van der Waals surface area contributed by atoms with Gasteiger partial charge in [0.2, 0.25) is 11.9 Å². The van der Waals surface area contributed by atoms with Crippen LogP contribution in [0.5, 0.6) is 0 Å². The zero-order valence-corrected chi connectivity index (χ0v) is 12.1. The predicted molar refractivity (Wildman–Crippen MR) is 72.8 cm³/mol. The minimum Gasteiger partial charge on any atom is -0.377 e. The average Bonchev–Trinajstić information content (AvgIpc) is 2.83. The fraction of sp³-hybridized carbons (Fsp3) is 0.769. The van der Waals surface area contributed by atoms with Gasteiger partial charge in [-0.1, -0.05) is 13.8 Å². The van der Waals surface area contributed by atoms with Crippen molar-refractivity contribution in [1.82, 2.24) is 14.8 Å². The fourth-order valence-electron chi connectivity index (χ4n) is 3.65. The molecule has 110 valence electrons. The molecule has 0 spiro atoms. The van der Waals surface area contributed by atoms with Crippen LogP contribution in [0.15, 0.2) is 6.33 Å². The van der Waals surface area contributed by atoms with Crippen LogP contribution in [0.4, 0.5) is 5.95 Å². The van der Waals surface area contributed by atoms with Crippen LogP contribution in [-0.4, -0.2) is 38.9 Å². The number of nitrogens with zero attached hydrogens (tertiary/aromatic N) is 3. The summed E-state index contributed by atoms with van der Waals surface area (Å²) in [6, 6.07) is 0. The van der Waals surface area contributed by atoms with Crippen LogP contribution in [-0.2, 0) is 16.6 Å². The van der Waals surface area contributed by atoms with Crippen LogP contribution in [0, 0.1) is 11.3 Å². The third kappa shape index (κ3) is 1.56. The highest BCUT2D eigenvalue weighted by Gasteiger charge is 2.70. The Balaban J connectivity index is 1.84. The van der Waals surface area contributed by atoms with E-state index in [4.69, 9.17) is 10.5 Å². The summed E-state index contributed by atoms with van der Waals surface area (Å²) >= 11 is 0. The molecule has 3 rings (SSSR count). The number of aryl methyl sites for hydroxylation is 1. The molecule has 3 N–H and O–H groups in total. The summed E-state index contributed by atoms with van der Waals surface area (Å²) in [6.07, 6.45) is 3.34. The van der Waals surface area contributed by atoms with E-state index in [1.807, 2.05) is 13.8 Å². The van der Waals surface area contributed by atoms with Gasteiger partial charge in [-0.05, 0) is 12.8 Å². The second-order valence-electron chi connectivity index (χ2n) is 6.29. The molecule has 0 radical (unpaired) electrons. The maximum absolute atomic E-state index is 12.7. The Kier molecular flexibility index (Phi) is 2.88. The fourth-order valence-corrected chi connectivity index (χ4v) is 3.65. The van der Waals surface area contributed by atoms with E-state index in [0.717, 1.165) is 19.4 Å². The SMILES string of the molecule is Cn1ncnc1NC(=O)C1(N)C2CCCOC2C1(C)C. The Morgan fingerprint density at radius 1 is 1.60 bits per heavy atom. The van der Waals surface area contributed by atoms with Crippen molar-refractivity contribution in [3.8, 4) is 0 Å². The highest BCUT2D eigenvalue weighted by atomic mass is 16.5. The summed E-state index contributed by atoms with van der Waals surface area (Å²) in [5, 5.41) is 6.73. The molecule has 1 saturated carbocycles. The number of fused-ring (bicyclic) bond motifs is 1. The van der Waals surface area contributed by atoms with Crippen molar-refractivity contribution in [1.29, 1.82) is 0 Å². The quantitative estimate of drug-likeness (QED) is 0.811. The van der Waals surface area contributed by atoms with Crippen LogP contribution >= 0.6 is 0 Å². The molecule has 3 unspecified atom stereocenters. The van der Waals surface area contributed by atoms with E-state index in [9.17, 15) is 4.79 Å². The molecule has 1 aromatic rings. The number of aromatic nitrogens is 3. The van der Waals surface area contributed by atoms with Gasteiger partial charge in [0.25, 0.3) is 0 Å². The van der Waals surface area contributed by atoms with Crippen LogP contribution in [0.1, 0.15) is 26.7 Å². The molecule has 1 saturated heterocycles. The van der Waals surface area contributed by atoms with Crippen molar-refractivity contribution in [3.63, 3.8) is 0 Å². The molecule has 7 nitrogen and oxygen atoms in total. The van der Waals surface area contributed by atoms with Gasteiger partial charge in [-0.3, -0.25) is 10.1 Å². The number of carbonyl (C=O) groups is 1. The van der Waals surface area contributed by atoms with E-state index in [1.54, 1.807) is 7.05 Å². The van der Waals surface area contributed by atoms with Gasteiger partial charge in [0.15, 0.2) is 0 Å². The first kappa shape index (κ1) is 13.5. The van der Waals surface area contributed by atoms with Gasteiger partial charge >= 0.3 is 0 Å². The first-order valence-electron chi connectivity index (χ1n) is 6.95. The van der Waals surface area contributed by atoms with Gasteiger partial charge in [0.05, 0.1) is 6.10 Å². The molecular formula is C13H21N5O2. The molecule has 1 aliphatic carbocycles. The van der Waals surface area contributed by atoms with Crippen LogP contribution in [0.25, 0.3) is 0 Å². The van der Waals surface area contributed by atoms with Crippen molar-refractivity contribution in [3.05, 3.63) is 6.33 Å². The Labute approximate surface area is 117 Å². The zero-order valence-electron chi connectivity index (χ0n) is 12.1. The van der Waals surface area contributed by atoms with Crippen molar-refractivity contribution in [2.75, 3.05) is 11.9 Å². The highest BCUT2D eigenvalue weighted by Crippen LogP contribution is 2.57. The molecular weight excluding hydrogens is 258 g/mol. The van der Waals surface area contributed by atoms with E-state index < -0.39 is 5.54 Å². The Hall–Kier alpha value is -1.47. The number of anilines is 1. The maximum Gasteiger partial charge on any atom is 0.247 e. The molecule has 20 heavy (non-hydrogen) atoms. The number of hydrogen-bond donors (Lipinski definition) is 2. The van der Waals surface area contributed by atoms with Crippen LogP contribution in [0.3, 0.4) is 0 Å². The molecule has 0 aromatic carbocycles. The molecule has 1 aromatic heterocycles. The molecule has 2 fully saturated rings. The van der Waals surface area contributed by atoms with E-state index >= 15 is 0 Å². The predicted octanol–water partition coefficient (Wildman–Crippen LogP) is 0.286. The van der Waals surface area contributed by atoms with Gasteiger partial charge < -0.3 is 10.5 Å². The smallest absolute Gasteiger partial charge is 0.247 e. The standard InChI is InChI=1S/C13H21N5O2/c1-12(2)9-8(5-4-6-20-9)13(12,14)10(19)17-11-15-7-16-18(11)3/h7-9H,4-6,14H2,1-3H3,(H,15,16,17,19). The second-order valence-corrected chi connectivity index (χ2v) is 6.29. The van der Waals surface area contributed by atoms with E-state index in [2.05, 4.69) is 15.4 Å². The summed E-state index contributed by atoms with van der Waals surface area (Å²) in [6.45, 7) is 4.75. The van der Waals surface area contributed by atoms with E-state index in [-0.39, 0.29) is 23.3 Å². The number of rotatable bonds is 2. The van der Waals surface area contributed by atoms with E-state index in [1.165, 1.54) is 11.0 Å². The molecule has 0 bridgehead atoms. The lowest BCUT2D eigenvalue weighted by Gasteiger charge is -2.64. The lowest BCUT2D eigenvalue weighted by molar-refractivity contribution is -0.222. The first-order valence-corrected chi connectivity index (χ1v) is 6.95. The molecule has 7 heteroatoms. The van der Waals surface area contributed by atoms with Gasteiger partial charge in [0, 0.05) is 25.0 Å². The minimum absolute atomic E-state index is 0.0616. The van der Waals surface area contributed by atoms with Gasteiger partial charge in [-0.25, -0.2) is 4.68 Å². The summed E-state index contributed by atoms with van der Waals surface area (Å²) < 4.78 is 7.32. The summed E-state index contributed by atoms with van der Waals surface area (Å²) in [5.74, 6) is 0.278. The van der Waals surface area contributed by atoms with Gasteiger partial charge in [-0.15, -0.1) is 0 Å². The molecule has 2 aliphatic rings.